The van der Waals surface area contributed by atoms with Crippen molar-refractivity contribution in [3.8, 4) is 5.75 Å². The number of fused-ring (bicyclic) bond motifs is 1. The van der Waals surface area contributed by atoms with Crippen LogP contribution in [0, 0.1) is 5.92 Å². The van der Waals surface area contributed by atoms with E-state index in [2.05, 4.69) is 0 Å². The molecule has 2 fully saturated rings. The highest BCUT2D eigenvalue weighted by Crippen LogP contribution is 2.46. The molecular formula is C18H23NO5. The summed E-state index contributed by atoms with van der Waals surface area (Å²) in [6.07, 6.45) is 0.689. The molecule has 2 aliphatic heterocycles. The topological polar surface area (TPSA) is 65.1 Å². The molecule has 3 atom stereocenters. The second kappa shape index (κ2) is 5.77. The number of hydrogen-bond acceptors (Lipinski definition) is 5. The maximum absolute atomic E-state index is 12.8. The van der Waals surface area contributed by atoms with Gasteiger partial charge in [0.2, 0.25) is 5.91 Å². The molecule has 0 bridgehead atoms. The van der Waals surface area contributed by atoms with Crippen LogP contribution in [0.2, 0.25) is 0 Å². The summed E-state index contributed by atoms with van der Waals surface area (Å²) < 4.78 is 17.1. The first-order chi connectivity index (χ1) is 11.2. The molecule has 1 aromatic carbocycles. The van der Waals surface area contributed by atoms with Crippen LogP contribution in [-0.4, -0.2) is 40.9 Å². The number of rotatable bonds is 4. The van der Waals surface area contributed by atoms with Crippen LogP contribution in [0.4, 0.5) is 0 Å². The molecule has 0 aliphatic carbocycles. The zero-order chi connectivity index (χ0) is 17.5. The Hall–Kier alpha value is -2.08. The molecule has 3 unspecified atom stereocenters. The predicted molar refractivity (Wildman–Crippen MR) is 86.0 cm³/mol. The maximum atomic E-state index is 12.8. The lowest BCUT2D eigenvalue weighted by Crippen LogP contribution is -2.76. The third-order valence-electron chi connectivity index (χ3n) is 4.64. The first-order valence-corrected chi connectivity index (χ1v) is 8.15. The molecule has 2 heterocycles. The Bertz CT molecular complexity index is 644. The van der Waals surface area contributed by atoms with E-state index in [4.69, 9.17) is 14.2 Å². The average Bonchev–Trinajstić information content (AvgIpc) is 2.45. The van der Waals surface area contributed by atoms with Gasteiger partial charge in [0.1, 0.15) is 17.4 Å². The smallest absolute Gasteiger partial charge is 0.305 e. The van der Waals surface area contributed by atoms with Crippen molar-refractivity contribution in [1.29, 1.82) is 0 Å². The minimum Gasteiger partial charge on any atom is -0.452 e. The summed E-state index contributed by atoms with van der Waals surface area (Å²) in [6.45, 7) is 7.27. The van der Waals surface area contributed by atoms with Crippen LogP contribution >= 0.6 is 0 Å². The number of amides is 1. The fourth-order valence-corrected chi connectivity index (χ4v) is 3.73. The van der Waals surface area contributed by atoms with Gasteiger partial charge in [0.25, 0.3) is 5.79 Å². The maximum Gasteiger partial charge on any atom is 0.305 e. The molecule has 0 spiro atoms. The van der Waals surface area contributed by atoms with Gasteiger partial charge in [-0.3, -0.25) is 9.59 Å². The van der Waals surface area contributed by atoms with Gasteiger partial charge in [-0.15, -0.1) is 0 Å². The second-order valence-electron chi connectivity index (χ2n) is 6.86. The molecule has 0 N–H and O–H groups in total. The van der Waals surface area contributed by atoms with Gasteiger partial charge in [-0.25, -0.2) is 0 Å². The molecule has 2 saturated heterocycles. The molecule has 24 heavy (non-hydrogen) atoms. The first-order valence-electron chi connectivity index (χ1n) is 8.15. The van der Waals surface area contributed by atoms with E-state index < -0.39 is 23.4 Å². The van der Waals surface area contributed by atoms with Crippen LogP contribution in [0.5, 0.6) is 5.75 Å². The number of carbonyl (C=O) groups excluding carboxylic acids is 2. The standard InChI is InChI=1S/C18H23NO5/c1-12(20)23-18(4,24-13-8-6-5-7-9-13)15-14-10-11-22-17(2,3)19(14)16(15)21/h5-9,14-15H,10-11H2,1-4H3. The lowest BCUT2D eigenvalue weighted by molar-refractivity contribution is -0.278. The van der Waals surface area contributed by atoms with E-state index in [1.807, 2.05) is 32.0 Å². The van der Waals surface area contributed by atoms with E-state index in [1.54, 1.807) is 24.0 Å². The number of para-hydroxylation sites is 1. The van der Waals surface area contributed by atoms with Gasteiger partial charge >= 0.3 is 5.97 Å². The fraction of sp³-hybridized carbons (Fsp3) is 0.556. The molecule has 2 aliphatic rings. The van der Waals surface area contributed by atoms with Crippen LogP contribution in [0.3, 0.4) is 0 Å². The Morgan fingerprint density at radius 1 is 1.33 bits per heavy atom. The van der Waals surface area contributed by atoms with Crippen LogP contribution in [0.25, 0.3) is 0 Å². The van der Waals surface area contributed by atoms with E-state index in [-0.39, 0.29) is 11.9 Å². The lowest BCUT2D eigenvalue weighted by Gasteiger charge is -2.60. The lowest BCUT2D eigenvalue weighted by atomic mass is 9.76. The normalized spacial score (nSPS) is 27.5. The number of carbonyl (C=O) groups is 2. The molecular weight excluding hydrogens is 310 g/mol. The number of benzene rings is 1. The largest absolute Gasteiger partial charge is 0.452 e. The number of esters is 1. The molecule has 0 saturated carbocycles. The van der Waals surface area contributed by atoms with Gasteiger partial charge in [0.05, 0.1) is 12.6 Å². The van der Waals surface area contributed by atoms with Crippen molar-refractivity contribution >= 4 is 11.9 Å². The van der Waals surface area contributed by atoms with E-state index in [0.29, 0.717) is 18.8 Å². The van der Waals surface area contributed by atoms with Crippen LogP contribution in [0.1, 0.15) is 34.1 Å². The van der Waals surface area contributed by atoms with Gasteiger partial charge in [-0.05, 0) is 32.4 Å². The summed E-state index contributed by atoms with van der Waals surface area (Å²) in [4.78, 5) is 26.2. The summed E-state index contributed by atoms with van der Waals surface area (Å²) in [5.41, 5.74) is -0.652. The fourth-order valence-electron chi connectivity index (χ4n) is 3.73. The van der Waals surface area contributed by atoms with Crippen molar-refractivity contribution in [1.82, 2.24) is 4.90 Å². The monoisotopic (exact) mass is 333 g/mol. The highest BCUT2D eigenvalue weighted by atomic mass is 16.7. The molecule has 0 aromatic heterocycles. The number of hydrogen-bond donors (Lipinski definition) is 0. The highest BCUT2D eigenvalue weighted by molar-refractivity contribution is 5.88. The van der Waals surface area contributed by atoms with Crippen molar-refractivity contribution < 1.29 is 23.8 Å². The zero-order valence-corrected chi connectivity index (χ0v) is 14.4. The van der Waals surface area contributed by atoms with Crippen LogP contribution in [-0.2, 0) is 19.1 Å². The van der Waals surface area contributed by atoms with Gasteiger partial charge < -0.3 is 19.1 Å². The van der Waals surface area contributed by atoms with E-state index >= 15 is 0 Å². The van der Waals surface area contributed by atoms with Gasteiger partial charge in [0, 0.05) is 13.8 Å². The Morgan fingerprint density at radius 2 is 2.00 bits per heavy atom. The van der Waals surface area contributed by atoms with Crippen molar-refractivity contribution in [3.05, 3.63) is 30.3 Å². The van der Waals surface area contributed by atoms with Crippen LogP contribution < -0.4 is 4.74 Å². The summed E-state index contributed by atoms with van der Waals surface area (Å²) in [6, 6.07) is 9.00. The molecule has 1 amide bonds. The molecule has 0 radical (unpaired) electrons. The van der Waals surface area contributed by atoms with Crippen molar-refractivity contribution in [2.75, 3.05) is 6.61 Å². The van der Waals surface area contributed by atoms with Crippen LogP contribution in [0.15, 0.2) is 30.3 Å². The van der Waals surface area contributed by atoms with E-state index in [9.17, 15) is 9.59 Å². The highest BCUT2D eigenvalue weighted by Gasteiger charge is 2.64. The number of ether oxygens (including phenoxy) is 3. The third-order valence-corrected chi connectivity index (χ3v) is 4.64. The zero-order valence-electron chi connectivity index (χ0n) is 14.4. The Kier molecular flexibility index (Phi) is 4.03. The Labute approximate surface area is 141 Å². The summed E-state index contributed by atoms with van der Waals surface area (Å²) in [7, 11) is 0. The first kappa shape index (κ1) is 16.8. The summed E-state index contributed by atoms with van der Waals surface area (Å²) in [5, 5.41) is 0. The van der Waals surface area contributed by atoms with Gasteiger partial charge in [-0.1, -0.05) is 18.2 Å². The number of nitrogens with zero attached hydrogens (tertiary/aromatic N) is 1. The van der Waals surface area contributed by atoms with Gasteiger partial charge in [-0.2, -0.15) is 0 Å². The predicted octanol–water partition coefficient (Wildman–Crippen LogP) is 2.33. The average molecular weight is 333 g/mol. The molecule has 6 nitrogen and oxygen atoms in total. The molecule has 6 heteroatoms. The van der Waals surface area contributed by atoms with Crippen molar-refractivity contribution in [2.24, 2.45) is 5.92 Å². The van der Waals surface area contributed by atoms with E-state index in [0.717, 1.165) is 0 Å². The summed E-state index contributed by atoms with van der Waals surface area (Å²) >= 11 is 0. The van der Waals surface area contributed by atoms with Gasteiger partial charge in [0.15, 0.2) is 0 Å². The van der Waals surface area contributed by atoms with E-state index in [1.165, 1.54) is 6.92 Å². The van der Waals surface area contributed by atoms with Crippen molar-refractivity contribution in [3.63, 3.8) is 0 Å². The molecule has 1 aromatic rings. The quantitative estimate of drug-likeness (QED) is 0.481. The second-order valence-corrected chi connectivity index (χ2v) is 6.86. The third kappa shape index (κ3) is 2.75. The molecule has 130 valence electrons. The minimum atomic E-state index is -1.35. The summed E-state index contributed by atoms with van der Waals surface area (Å²) in [5.74, 6) is -1.95. The Balaban J connectivity index is 1.89. The Morgan fingerprint density at radius 3 is 2.62 bits per heavy atom. The SMILES string of the molecule is CC(=O)OC(C)(Oc1ccccc1)C1C(=O)N2C1CCOC2(C)C. The van der Waals surface area contributed by atoms with Crippen molar-refractivity contribution in [2.45, 2.75) is 51.7 Å². The molecule has 3 rings (SSSR count). The minimum absolute atomic E-state index is 0.0747. The number of β-lactam (4-membered cyclic amide) rings is 1.